The molecule has 4 nitrogen and oxygen atoms in total. The molecule has 0 spiro atoms. The molecule has 1 fully saturated rings. The van der Waals surface area contributed by atoms with Gasteiger partial charge in [-0.1, -0.05) is 0 Å². The van der Waals surface area contributed by atoms with Crippen molar-refractivity contribution in [2.45, 2.75) is 18.9 Å². The maximum absolute atomic E-state index is 13.0. The zero-order valence-corrected chi connectivity index (χ0v) is 9.28. The number of hydrogen-bond donors (Lipinski definition) is 1. The number of hydrogen-bond acceptors (Lipinski definition) is 4. The van der Waals surface area contributed by atoms with Crippen LogP contribution >= 0.6 is 0 Å². The Kier molecular flexibility index (Phi) is 2.68. The summed E-state index contributed by atoms with van der Waals surface area (Å²) < 4.78 is 23.8. The maximum Gasteiger partial charge on any atom is 0.262 e. The molecule has 0 radical (unpaired) electrons. The number of rotatable bonds is 2. The predicted molar refractivity (Wildman–Crippen MR) is 60.5 cm³/mol. The van der Waals surface area contributed by atoms with Crippen molar-refractivity contribution in [1.29, 1.82) is 0 Å². The van der Waals surface area contributed by atoms with Crippen molar-refractivity contribution in [3.05, 3.63) is 24.0 Å². The summed E-state index contributed by atoms with van der Waals surface area (Å²) in [7, 11) is 0. The smallest absolute Gasteiger partial charge is 0.262 e. The fourth-order valence-corrected chi connectivity index (χ4v) is 2.05. The van der Waals surface area contributed by atoms with E-state index in [0.717, 1.165) is 31.3 Å². The Morgan fingerprint density at radius 2 is 2.41 bits per heavy atom. The number of nitrogens with one attached hydrogen (secondary N) is 1. The molecule has 1 aromatic heterocycles. The van der Waals surface area contributed by atoms with E-state index in [1.54, 1.807) is 6.07 Å². The van der Waals surface area contributed by atoms with Gasteiger partial charge >= 0.3 is 0 Å². The number of aromatic nitrogens is 1. The SMILES string of the molecule is Fc1ccc2c(OC3CCCNC3)noc2c1. The van der Waals surface area contributed by atoms with Crippen molar-refractivity contribution < 1.29 is 13.7 Å². The number of ether oxygens (including phenoxy) is 1. The van der Waals surface area contributed by atoms with E-state index in [1.165, 1.54) is 12.1 Å². The molecular weight excluding hydrogens is 223 g/mol. The van der Waals surface area contributed by atoms with Crippen LogP contribution in [0.4, 0.5) is 4.39 Å². The van der Waals surface area contributed by atoms with Crippen LogP contribution in [0.25, 0.3) is 11.0 Å². The summed E-state index contributed by atoms with van der Waals surface area (Å²) in [4.78, 5) is 0. The van der Waals surface area contributed by atoms with Gasteiger partial charge in [0.2, 0.25) is 0 Å². The van der Waals surface area contributed by atoms with E-state index in [0.29, 0.717) is 11.5 Å². The molecule has 2 aromatic rings. The minimum Gasteiger partial charge on any atom is -0.470 e. The van der Waals surface area contributed by atoms with Crippen LogP contribution in [0.2, 0.25) is 0 Å². The molecule has 1 aliphatic rings. The average molecular weight is 236 g/mol. The van der Waals surface area contributed by atoms with Crippen molar-refractivity contribution in [3.63, 3.8) is 0 Å². The average Bonchev–Trinajstić information content (AvgIpc) is 2.73. The number of piperidine rings is 1. The summed E-state index contributed by atoms with van der Waals surface area (Å²) in [5.41, 5.74) is 0.420. The molecule has 1 N–H and O–H groups in total. The van der Waals surface area contributed by atoms with E-state index in [4.69, 9.17) is 9.26 Å². The highest BCUT2D eigenvalue weighted by Crippen LogP contribution is 2.26. The van der Waals surface area contributed by atoms with E-state index >= 15 is 0 Å². The molecule has 1 atom stereocenters. The molecule has 3 rings (SSSR count). The Morgan fingerprint density at radius 3 is 3.24 bits per heavy atom. The second kappa shape index (κ2) is 4.33. The van der Waals surface area contributed by atoms with Gasteiger partial charge in [0.1, 0.15) is 11.9 Å². The van der Waals surface area contributed by atoms with Gasteiger partial charge in [-0.3, -0.25) is 0 Å². The van der Waals surface area contributed by atoms with Gasteiger partial charge in [-0.15, -0.1) is 0 Å². The standard InChI is InChI=1S/C12H13FN2O2/c13-8-3-4-10-11(6-8)17-15-12(10)16-9-2-1-5-14-7-9/h3-4,6,9,14H,1-2,5,7H2. The molecule has 0 saturated carbocycles. The number of benzene rings is 1. The first-order chi connectivity index (χ1) is 8.33. The van der Waals surface area contributed by atoms with Crippen molar-refractivity contribution >= 4 is 11.0 Å². The zero-order valence-electron chi connectivity index (χ0n) is 9.28. The Hall–Kier alpha value is -1.62. The van der Waals surface area contributed by atoms with Crippen LogP contribution in [0.5, 0.6) is 5.88 Å². The topological polar surface area (TPSA) is 47.3 Å². The Morgan fingerprint density at radius 1 is 1.47 bits per heavy atom. The van der Waals surface area contributed by atoms with Crippen LogP contribution in [0.1, 0.15) is 12.8 Å². The minimum absolute atomic E-state index is 0.113. The third kappa shape index (κ3) is 2.10. The van der Waals surface area contributed by atoms with Gasteiger partial charge in [0.15, 0.2) is 5.58 Å². The normalized spacial score (nSPS) is 20.6. The van der Waals surface area contributed by atoms with Gasteiger partial charge in [-0.25, -0.2) is 4.39 Å². The molecular formula is C12H13FN2O2. The first kappa shape index (κ1) is 10.5. The second-order valence-electron chi connectivity index (χ2n) is 4.21. The van der Waals surface area contributed by atoms with E-state index in [9.17, 15) is 4.39 Å². The molecule has 90 valence electrons. The van der Waals surface area contributed by atoms with E-state index in [-0.39, 0.29) is 11.9 Å². The van der Waals surface area contributed by atoms with Crippen molar-refractivity contribution in [1.82, 2.24) is 10.5 Å². The summed E-state index contributed by atoms with van der Waals surface area (Å²) in [5.74, 6) is 0.119. The lowest BCUT2D eigenvalue weighted by Crippen LogP contribution is -2.37. The van der Waals surface area contributed by atoms with E-state index in [2.05, 4.69) is 10.5 Å². The fraction of sp³-hybridized carbons (Fsp3) is 0.417. The number of halogens is 1. The molecule has 5 heteroatoms. The summed E-state index contributed by atoms with van der Waals surface area (Å²) in [6, 6.07) is 4.33. The number of fused-ring (bicyclic) bond motifs is 1. The Balaban J connectivity index is 1.84. The van der Waals surface area contributed by atoms with Crippen LogP contribution in [0.3, 0.4) is 0 Å². The molecule has 17 heavy (non-hydrogen) atoms. The van der Waals surface area contributed by atoms with E-state index in [1.807, 2.05) is 0 Å². The molecule has 1 aromatic carbocycles. The van der Waals surface area contributed by atoms with Crippen molar-refractivity contribution in [2.75, 3.05) is 13.1 Å². The molecule has 1 saturated heterocycles. The van der Waals surface area contributed by atoms with Crippen molar-refractivity contribution in [3.8, 4) is 5.88 Å². The van der Waals surface area contributed by atoms with Gasteiger partial charge < -0.3 is 14.6 Å². The monoisotopic (exact) mass is 236 g/mol. The van der Waals surface area contributed by atoms with E-state index < -0.39 is 0 Å². The van der Waals surface area contributed by atoms with Gasteiger partial charge in [-0.2, -0.15) is 0 Å². The lowest BCUT2D eigenvalue weighted by Gasteiger charge is -2.22. The fourth-order valence-electron chi connectivity index (χ4n) is 2.05. The first-order valence-electron chi connectivity index (χ1n) is 5.75. The van der Waals surface area contributed by atoms with Crippen molar-refractivity contribution in [2.24, 2.45) is 0 Å². The highest BCUT2D eigenvalue weighted by Gasteiger charge is 2.18. The molecule has 1 unspecified atom stereocenters. The summed E-state index contributed by atoms with van der Waals surface area (Å²) in [5, 5.41) is 7.82. The lowest BCUT2D eigenvalue weighted by molar-refractivity contribution is 0.155. The van der Waals surface area contributed by atoms with Crippen LogP contribution in [0.15, 0.2) is 22.7 Å². The summed E-state index contributed by atoms with van der Waals surface area (Å²) >= 11 is 0. The number of nitrogens with zero attached hydrogens (tertiary/aromatic N) is 1. The highest BCUT2D eigenvalue weighted by atomic mass is 19.1. The Bertz CT molecular complexity index is 520. The lowest BCUT2D eigenvalue weighted by atomic mass is 10.1. The van der Waals surface area contributed by atoms with Gasteiger partial charge in [0.25, 0.3) is 5.88 Å². The Labute approximate surface area is 97.7 Å². The third-order valence-electron chi connectivity index (χ3n) is 2.93. The summed E-state index contributed by atoms with van der Waals surface area (Å²) in [6.45, 7) is 1.85. The van der Waals surface area contributed by atoms with Crippen LogP contribution in [-0.4, -0.2) is 24.4 Å². The largest absolute Gasteiger partial charge is 0.470 e. The summed E-state index contributed by atoms with van der Waals surface area (Å²) in [6.07, 6.45) is 2.21. The predicted octanol–water partition coefficient (Wildman–Crippen LogP) is 2.10. The maximum atomic E-state index is 13.0. The minimum atomic E-state index is -0.334. The first-order valence-corrected chi connectivity index (χ1v) is 5.75. The molecule has 1 aliphatic heterocycles. The molecule has 0 aliphatic carbocycles. The van der Waals surface area contributed by atoms with Gasteiger partial charge in [-0.05, 0) is 36.7 Å². The van der Waals surface area contributed by atoms with Gasteiger partial charge in [0.05, 0.1) is 5.39 Å². The third-order valence-corrected chi connectivity index (χ3v) is 2.93. The molecule has 2 heterocycles. The quantitative estimate of drug-likeness (QED) is 0.867. The van der Waals surface area contributed by atoms with Crippen LogP contribution in [-0.2, 0) is 0 Å². The van der Waals surface area contributed by atoms with Crippen LogP contribution < -0.4 is 10.1 Å². The zero-order chi connectivity index (χ0) is 11.7. The van der Waals surface area contributed by atoms with Crippen LogP contribution in [0, 0.1) is 5.82 Å². The molecule has 0 amide bonds. The van der Waals surface area contributed by atoms with Gasteiger partial charge in [0, 0.05) is 12.6 Å². The molecule has 0 bridgehead atoms. The second-order valence-corrected chi connectivity index (χ2v) is 4.21. The highest BCUT2D eigenvalue weighted by molar-refractivity contribution is 5.81.